The van der Waals surface area contributed by atoms with Crippen LogP contribution in [0.1, 0.15) is 33.1 Å². The van der Waals surface area contributed by atoms with Crippen molar-refractivity contribution < 1.29 is 0 Å². The normalized spacial score (nSPS) is 11.0. The quantitative estimate of drug-likeness (QED) is 0.589. The Balaban J connectivity index is 2.82. The van der Waals surface area contributed by atoms with Crippen molar-refractivity contribution in [1.29, 1.82) is 0 Å². The van der Waals surface area contributed by atoms with Crippen molar-refractivity contribution >= 4 is 11.8 Å². The molecule has 0 saturated carbocycles. The molecule has 1 N–H and O–H groups in total. The molecule has 0 amide bonds. The molecule has 12 heavy (non-hydrogen) atoms. The lowest BCUT2D eigenvalue weighted by Gasteiger charge is -2.06. The lowest BCUT2D eigenvalue weighted by Crippen LogP contribution is -2.20. The van der Waals surface area contributed by atoms with E-state index in [1.54, 1.807) is 0 Å². The minimum atomic E-state index is 0.788. The number of hydrogen-bond acceptors (Lipinski definition) is 2. The minimum Gasteiger partial charge on any atom is -0.316 e. The third kappa shape index (κ3) is 10.3. The molecule has 0 heterocycles. The number of unbranched alkanes of at least 4 members (excludes halogenated alkanes) is 2. The van der Waals surface area contributed by atoms with Crippen LogP contribution in [0.5, 0.6) is 0 Å². The van der Waals surface area contributed by atoms with E-state index in [4.69, 9.17) is 0 Å². The molecule has 1 nitrogen and oxygen atoms in total. The van der Waals surface area contributed by atoms with Crippen molar-refractivity contribution in [2.75, 3.05) is 25.1 Å². The molecule has 0 unspecified atom stereocenters. The molecule has 0 fully saturated rings. The van der Waals surface area contributed by atoms with Gasteiger partial charge in [-0.2, -0.15) is 11.8 Å². The summed E-state index contributed by atoms with van der Waals surface area (Å²) in [6, 6.07) is 0. The number of nitrogens with one attached hydrogen (secondary N) is 1. The van der Waals surface area contributed by atoms with Crippen molar-refractivity contribution in [3.05, 3.63) is 0 Å². The summed E-state index contributed by atoms with van der Waals surface area (Å²) in [5.74, 6) is 2.11. The maximum atomic E-state index is 3.45. The highest BCUT2D eigenvalue weighted by Crippen LogP contribution is 2.01. The molecule has 0 aliphatic rings. The number of rotatable bonds is 8. The molecule has 74 valence electrons. The van der Waals surface area contributed by atoms with Crippen LogP contribution in [-0.2, 0) is 0 Å². The fourth-order valence-electron chi connectivity index (χ4n) is 1.06. The van der Waals surface area contributed by atoms with Gasteiger partial charge in [0.1, 0.15) is 0 Å². The summed E-state index contributed by atoms with van der Waals surface area (Å²) in [6.45, 7) is 6.87. The third-order valence-corrected chi connectivity index (χ3v) is 2.45. The molecule has 0 aliphatic heterocycles. The van der Waals surface area contributed by atoms with Crippen LogP contribution in [0.25, 0.3) is 0 Å². The molecule has 0 aromatic rings. The largest absolute Gasteiger partial charge is 0.316 e. The maximum Gasteiger partial charge on any atom is -0.00258 e. The van der Waals surface area contributed by atoms with Gasteiger partial charge in [-0.05, 0) is 43.9 Å². The van der Waals surface area contributed by atoms with Gasteiger partial charge in [0.25, 0.3) is 0 Å². The summed E-state index contributed by atoms with van der Waals surface area (Å²) in [5, 5.41) is 3.45. The van der Waals surface area contributed by atoms with Crippen molar-refractivity contribution in [3.8, 4) is 0 Å². The Morgan fingerprint density at radius 1 is 1.17 bits per heavy atom. The van der Waals surface area contributed by atoms with Gasteiger partial charge in [0, 0.05) is 0 Å². The summed E-state index contributed by atoms with van der Waals surface area (Å²) in [6.07, 6.45) is 6.28. The Labute approximate surface area is 81.7 Å². The molecule has 0 aromatic carbocycles. The molecular weight excluding hydrogens is 166 g/mol. The molecule has 0 aromatic heterocycles. The molecule has 2 heteroatoms. The molecular formula is C10H23NS. The SMILES string of the molecule is CSCCCCCNCC(C)C. The van der Waals surface area contributed by atoms with Crippen LogP contribution in [0.3, 0.4) is 0 Å². The monoisotopic (exact) mass is 189 g/mol. The average molecular weight is 189 g/mol. The Morgan fingerprint density at radius 2 is 1.92 bits per heavy atom. The van der Waals surface area contributed by atoms with E-state index < -0.39 is 0 Å². The van der Waals surface area contributed by atoms with Gasteiger partial charge in [-0.1, -0.05) is 20.3 Å². The number of hydrogen-bond donors (Lipinski definition) is 1. The first-order valence-electron chi connectivity index (χ1n) is 4.97. The minimum absolute atomic E-state index is 0.788. The van der Waals surface area contributed by atoms with Gasteiger partial charge in [0.2, 0.25) is 0 Å². The topological polar surface area (TPSA) is 12.0 Å². The van der Waals surface area contributed by atoms with Crippen LogP contribution in [-0.4, -0.2) is 25.1 Å². The smallest absolute Gasteiger partial charge is 0.00258 e. The first-order valence-corrected chi connectivity index (χ1v) is 6.36. The first-order chi connectivity index (χ1) is 5.77. The zero-order chi connectivity index (χ0) is 9.23. The highest BCUT2D eigenvalue weighted by Gasteiger charge is 1.92. The second kappa shape index (κ2) is 9.40. The number of thioether (sulfide) groups is 1. The lowest BCUT2D eigenvalue weighted by atomic mass is 10.2. The van der Waals surface area contributed by atoms with E-state index in [9.17, 15) is 0 Å². The molecule has 0 spiro atoms. The van der Waals surface area contributed by atoms with E-state index in [2.05, 4.69) is 25.4 Å². The van der Waals surface area contributed by atoms with Crippen LogP contribution in [0.4, 0.5) is 0 Å². The van der Waals surface area contributed by atoms with E-state index in [1.807, 2.05) is 11.8 Å². The zero-order valence-electron chi connectivity index (χ0n) is 8.73. The molecule has 0 rings (SSSR count). The summed E-state index contributed by atoms with van der Waals surface area (Å²) >= 11 is 1.95. The predicted molar refractivity (Wildman–Crippen MR) is 59.9 cm³/mol. The van der Waals surface area contributed by atoms with E-state index >= 15 is 0 Å². The summed E-state index contributed by atoms with van der Waals surface area (Å²) in [7, 11) is 0. The van der Waals surface area contributed by atoms with Gasteiger partial charge in [-0.25, -0.2) is 0 Å². The molecule has 0 bridgehead atoms. The molecule has 0 radical (unpaired) electrons. The fraction of sp³-hybridized carbons (Fsp3) is 1.00. The molecule has 0 atom stereocenters. The second-order valence-electron chi connectivity index (χ2n) is 3.65. The Hall–Kier alpha value is 0.310. The van der Waals surface area contributed by atoms with Crippen molar-refractivity contribution in [3.63, 3.8) is 0 Å². The van der Waals surface area contributed by atoms with Crippen LogP contribution >= 0.6 is 11.8 Å². The van der Waals surface area contributed by atoms with Crippen molar-refractivity contribution in [2.45, 2.75) is 33.1 Å². The third-order valence-electron chi connectivity index (χ3n) is 1.75. The van der Waals surface area contributed by atoms with Gasteiger partial charge < -0.3 is 5.32 Å². The Kier molecular flexibility index (Phi) is 9.64. The van der Waals surface area contributed by atoms with E-state index in [0.29, 0.717) is 0 Å². The van der Waals surface area contributed by atoms with Crippen molar-refractivity contribution in [2.24, 2.45) is 5.92 Å². The average Bonchev–Trinajstić information content (AvgIpc) is 2.02. The van der Waals surface area contributed by atoms with Crippen LogP contribution in [0.15, 0.2) is 0 Å². The van der Waals surface area contributed by atoms with Crippen LogP contribution in [0, 0.1) is 5.92 Å². The maximum absolute atomic E-state index is 3.45. The Morgan fingerprint density at radius 3 is 2.50 bits per heavy atom. The molecule has 0 aliphatic carbocycles. The zero-order valence-corrected chi connectivity index (χ0v) is 9.54. The highest BCUT2D eigenvalue weighted by atomic mass is 32.2. The van der Waals surface area contributed by atoms with E-state index in [0.717, 1.165) is 5.92 Å². The van der Waals surface area contributed by atoms with Crippen LogP contribution in [0.2, 0.25) is 0 Å². The highest BCUT2D eigenvalue weighted by molar-refractivity contribution is 7.98. The van der Waals surface area contributed by atoms with Gasteiger partial charge in [-0.15, -0.1) is 0 Å². The lowest BCUT2D eigenvalue weighted by molar-refractivity contribution is 0.534. The predicted octanol–water partition coefficient (Wildman–Crippen LogP) is 2.77. The van der Waals surface area contributed by atoms with E-state index in [1.165, 1.54) is 38.1 Å². The van der Waals surface area contributed by atoms with Gasteiger partial charge in [-0.3, -0.25) is 0 Å². The fourth-order valence-corrected chi connectivity index (χ4v) is 1.56. The summed E-state index contributed by atoms with van der Waals surface area (Å²) in [5.41, 5.74) is 0. The van der Waals surface area contributed by atoms with Gasteiger partial charge in [0.05, 0.1) is 0 Å². The second-order valence-corrected chi connectivity index (χ2v) is 4.64. The first kappa shape index (κ1) is 12.3. The van der Waals surface area contributed by atoms with E-state index in [-0.39, 0.29) is 0 Å². The van der Waals surface area contributed by atoms with Crippen molar-refractivity contribution in [1.82, 2.24) is 5.32 Å². The van der Waals surface area contributed by atoms with Gasteiger partial charge >= 0.3 is 0 Å². The standard InChI is InChI=1S/C10H23NS/c1-10(2)9-11-7-5-4-6-8-12-3/h10-11H,4-9H2,1-3H3. The van der Waals surface area contributed by atoms with Crippen LogP contribution < -0.4 is 5.32 Å². The summed E-state index contributed by atoms with van der Waals surface area (Å²) in [4.78, 5) is 0. The Bertz CT molecular complexity index is 83.9. The summed E-state index contributed by atoms with van der Waals surface area (Å²) < 4.78 is 0. The molecule has 0 saturated heterocycles. The van der Waals surface area contributed by atoms with Gasteiger partial charge in [0.15, 0.2) is 0 Å².